The first kappa shape index (κ1) is 17.1. The van der Waals surface area contributed by atoms with Crippen molar-refractivity contribution in [2.75, 3.05) is 0 Å². The molecule has 0 aliphatic carbocycles. The van der Waals surface area contributed by atoms with Gasteiger partial charge in [0.05, 0.1) is 6.21 Å². The van der Waals surface area contributed by atoms with Crippen LogP contribution >= 0.6 is 0 Å². The summed E-state index contributed by atoms with van der Waals surface area (Å²) in [7, 11) is 0. The maximum Gasteiger partial charge on any atom is 0.213 e. The van der Waals surface area contributed by atoms with E-state index in [0.717, 1.165) is 0 Å². The van der Waals surface area contributed by atoms with E-state index in [4.69, 9.17) is 0 Å². The monoisotopic (exact) mass is 344 g/mol. The Morgan fingerprint density at radius 1 is 0.808 bits per heavy atom. The normalized spacial score (nSPS) is 11.6. The Balaban J connectivity index is 1.96. The molecule has 0 bridgehead atoms. The summed E-state index contributed by atoms with van der Waals surface area (Å²) in [4.78, 5) is 12.8. The molecule has 3 rings (SSSR count). The van der Waals surface area contributed by atoms with Crippen molar-refractivity contribution < 1.29 is 15.0 Å². The molecule has 0 spiro atoms. The number of Topliss-reactive ketones (excluding diaryl/α,β-unsaturated/α-hetero) is 1. The molecule has 0 heterocycles. The zero-order chi connectivity index (χ0) is 18.4. The largest absolute Gasteiger partial charge is 0.508 e. The highest BCUT2D eigenvalue weighted by molar-refractivity contribution is 6.51. The molecular weight excluding hydrogens is 328 g/mol. The Morgan fingerprint density at radius 3 is 2.04 bits per heavy atom. The summed E-state index contributed by atoms with van der Waals surface area (Å²) < 4.78 is 0. The molecule has 0 saturated carbocycles. The molecule has 5 nitrogen and oxygen atoms in total. The van der Waals surface area contributed by atoms with Gasteiger partial charge in [-0.25, -0.2) is 0 Å². The second kappa shape index (κ2) is 7.90. The van der Waals surface area contributed by atoms with E-state index in [1.54, 1.807) is 36.4 Å². The van der Waals surface area contributed by atoms with Gasteiger partial charge in [-0.05, 0) is 12.1 Å². The van der Waals surface area contributed by atoms with Gasteiger partial charge in [0.1, 0.15) is 17.2 Å². The number of phenols is 2. The summed E-state index contributed by atoms with van der Waals surface area (Å²) in [6, 6.07) is 22.0. The van der Waals surface area contributed by atoms with Crippen LogP contribution in [0.5, 0.6) is 11.5 Å². The predicted molar refractivity (Wildman–Crippen MR) is 101 cm³/mol. The van der Waals surface area contributed by atoms with Crippen molar-refractivity contribution in [2.45, 2.75) is 0 Å². The van der Waals surface area contributed by atoms with E-state index in [9.17, 15) is 15.0 Å². The molecule has 0 unspecified atom stereocenters. The van der Waals surface area contributed by atoms with Crippen LogP contribution in [0.15, 0.2) is 89.1 Å². The molecule has 0 aliphatic heterocycles. The molecule has 0 amide bonds. The van der Waals surface area contributed by atoms with E-state index in [1.165, 1.54) is 24.4 Å². The number of aromatic hydroxyl groups is 2. The minimum Gasteiger partial charge on any atom is -0.508 e. The molecule has 0 saturated heterocycles. The lowest BCUT2D eigenvalue weighted by atomic mass is 10.0. The minimum atomic E-state index is -0.246. The van der Waals surface area contributed by atoms with Gasteiger partial charge in [-0.1, -0.05) is 60.7 Å². The van der Waals surface area contributed by atoms with Crippen molar-refractivity contribution in [3.8, 4) is 11.5 Å². The van der Waals surface area contributed by atoms with Crippen molar-refractivity contribution in [3.63, 3.8) is 0 Å². The fourth-order valence-electron chi connectivity index (χ4n) is 2.35. The van der Waals surface area contributed by atoms with Crippen molar-refractivity contribution in [1.29, 1.82) is 0 Å². The molecule has 0 fully saturated rings. The molecule has 128 valence electrons. The summed E-state index contributed by atoms with van der Waals surface area (Å²) in [5.74, 6) is -0.421. The highest BCUT2D eigenvalue weighted by Crippen LogP contribution is 2.21. The van der Waals surface area contributed by atoms with E-state index in [0.29, 0.717) is 16.7 Å². The van der Waals surface area contributed by atoms with E-state index < -0.39 is 0 Å². The molecule has 0 atom stereocenters. The number of carbonyl (C=O) groups is 1. The quantitative estimate of drug-likeness (QED) is 0.419. The summed E-state index contributed by atoms with van der Waals surface area (Å²) in [6.07, 6.45) is 1.33. The van der Waals surface area contributed by atoms with Crippen LogP contribution in [0, 0.1) is 0 Å². The predicted octanol–water partition coefficient (Wildman–Crippen LogP) is 3.80. The molecule has 0 aliphatic rings. The smallest absolute Gasteiger partial charge is 0.213 e. The highest BCUT2D eigenvalue weighted by Gasteiger charge is 2.16. The van der Waals surface area contributed by atoms with Gasteiger partial charge in [0.25, 0.3) is 0 Å². The van der Waals surface area contributed by atoms with Gasteiger partial charge >= 0.3 is 0 Å². The Bertz CT molecular complexity index is 965. The van der Waals surface area contributed by atoms with Crippen LogP contribution in [0.3, 0.4) is 0 Å². The number of ketones is 1. The molecule has 2 N–H and O–H groups in total. The molecule has 26 heavy (non-hydrogen) atoms. The minimum absolute atomic E-state index is 0.0487. The lowest BCUT2D eigenvalue weighted by Gasteiger charge is -2.04. The van der Waals surface area contributed by atoms with Gasteiger partial charge in [0.15, 0.2) is 0 Å². The lowest BCUT2D eigenvalue weighted by molar-refractivity contribution is 0.106. The van der Waals surface area contributed by atoms with Gasteiger partial charge < -0.3 is 10.2 Å². The maximum absolute atomic E-state index is 12.8. The van der Waals surface area contributed by atoms with Crippen LogP contribution in [0.2, 0.25) is 0 Å². The molecule has 3 aromatic carbocycles. The Hall–Kier alpha value is -3.73. The van der Waals surface area contributed by atoms with Crippen molar-refractivity contribution in [2.24, 2.45) is 10.2 Å². The fraction of sp³-hybridized carbons (Fsp3) is 0. The summed E-state index contributed by atoms with van der Waals surface area (Å²) >= 11 is 0. The number of rotatable bonds is 5. The van der Waals surface area contributed by atoms with Gasteiger partial charge in [0, 0.05) is 22.8 Å². The van der Waals surface area contributed by atoms with E-state index in [-0.39, 0.29) is 23.0 Å². The first-order chi connectivity index (χ1) is 12.6. The zero-order valence-electron chi connectivity index (χ0n) is 13.8. The van der Waals surface area contributed by atoms with Crippen molar-refractivity contribution in [1.82, 2.24) is 0 Å². The average Bonchev–Trinajstić information content (AvgIpc) is 2.67. The topological polar surface area (TPSA) is 82.2 Å². The van der Waals surface area contributed by atoms with Crippen LogP contribution in [-0.4, -0.2) is 27.9 Å². The van der Waals surface area contributed by atoms with E-state index >= 15 is 0 Å². The molecular formula is C21H16N2O3. The zero-order valence-corrected chi connectivity index (χ0v) is 13.8. The average molecular weight is 344 g/mol. The lowest BCUT2D eigenvalue weighted by Crippen LogP contribution is -2.15. The number of hydrogen-bond acceptors (Lipinski definition) is 5. The second-order valence-corrected chi connectivity index (χ2v) is 5.50. The number of nitrogens with zero attached hydrogens (tertiary/aromatic N) is 2. The van der Waals surface area contributed by atoms with E-state index in [1.807, 2.05) is 24.3 Å². The fourth-order valence-corrected chi connectivity index (χ4v) is 2.35. The molecule has 5 heteroatoms. The number of benzene rings is 3. The summed E-state index contributed by atoms with van der Waals surface area (Å²) in [6.45, 7) is 0. The summed E-state index contributed by atoms with van der Waals surface area (Å²) in [5, 5.41) is 27.2. The van der Waals surface area contributed by atoms with E-state index in [2.05, 4.69) is 10.2 Å². The van der Waals surface area contributed by atoms with Crippen LogP contribution < -0.4 is 0 Å². The number of phenolic OH excluding ortho intramolecular Hbond substituents is 2. The summed E-state index contributed by atoms with van der Waals surface area (Å²) in [5.41, 5.74) is 1.74. The van der Waals surface area contributed by atoms with Crippen LogP contribution in [0.1, 0.15) is 21.5 Å². The first-order valence-electron chi connectivity index (χ1n) is 7.93. The number of carbonyl (C=O) groups excluding carboxylic acids is 1. The maximum atomic E-state index is 12.8. The van der Waals surface area contributed by atoms with Crippen molar-refractivity contribution in [3.05, 3.63) is 95.6 Å². The van der Waals surface area contributed by atoms with Crippen molar-refractivity contribution >= 4 is 17.7 Å². The standard InChI is InChI=1S/C21H16N2O3/c24-18-12-11-17(19(25)13-18)14-22-23-20(15-7-3-1-4-8-15)21(26)16-9-5-2-6-10-16/h1-14,24-25H/b22-14+,23-20-. The number of hydrogen-bond donors (Lipinski definition) is 2. The highest BCUT2D eigenvalue weighted by atomic mass is 16.3. The van der Waals surface area contributed by atoms with Crippen LogP contribution in [0.25, 0.3) is 0 Å². The third-order valence-electron chi connectivity index (χ3n) is 3.67. The van der Waals surface area contributed by atoms with Gasteiger partial charge in [-0.2, -0.15) is 5.10 Å². The van der Waals surface area contributed by atoms with Crippen LogP contribution in [0.4, 0.5) is 0 Å². The Kier molecular flexibility index (Phi) is 5.19. The first-order valence-corrected chi connectivity index (χ1v) is 7.93. The van der Waals surface area contributed by atoms with Gasteiger partial charge in [-0.15, -0.1) is 5.10 Å². The second-order valence-electron chi connectivity index (χ2n) is 5.50. The molecule has 0 radical (unpaired) electrons. The van der Waals surface area contributed by atoms with Gasteiger partial charge in [-0.3, -0.25) is 4.79 Å². The Morgan fingerprint density at radius 2 is 1.42 bits per heavy atom. The van der Waals surface area contributed by atoms with Gasteiger partial charge in [0.2, 0.25) is 5.78 Å². The van der Waals surface area contributed by atoms with Crippen LogP contribution in [-0.2, 0) is 0 Å². The SMILES string of the molecule is O=C(/C(=N\N=C\c1ccc(O)cc1O)c1ccccc1)c1ccccc1. The third-order valence-corrected chi connectivity index (χ3v) is 3.67. The Labute approximate surface area is 150 Å². The third kappa shape index (κ3) is 4.02. The molecule has 3 aromatic rings. The molecule has 0 aromatic heterocycles.